The molecule has 1 aliphatic heterocycles. The molecule has 31 heavy (non-hydrogen) atoms. The number of nitrogens with one attached hydrogen (secondary N) is 1. The zero-order valence-corrected chi connectivity index (χ0v) is 18.4. The first kappa shape index (κ1) is 21.9. The normalized spacial score (nSPS) is 21.2. The first-order chi connectivity index (χ1) is 15.3. The predicted octanol–water partition coefficient (Wildman–Crippen LogP) is 2.61. The minimum Gasteiger partial charge on any atom is -0.336 e. The summed E-state index contributed by atoms with van der Waals surface area (Å²) in [6, 6.07) is 14.5. The molecule has 1 amide bonds. The fraction of sp³-hybridized carbons (Fsp3) is 0.520. The Morgan fingerprint density at radius 2 is 2.06 bits per heavy atom. The van der Waals surface area contributed by atoms with E-state index < -0.39 is 0 Å². The Morgan fingerprint density at radius 3 is 2.90 bits per heavy atom. The summed E-state index contributed by atoms with van der Waals surface area (Å²) in [4.78, 5) is 22.3. The number of pyridine rings is 1. The van der Waals surface area contributed by atoms with Gasteiger partial charge in [-0.2, -0.15) is 0 Å². The first-order valence-electron chi connectivity index (χ1n) is 11.7. The number of amides is 1. The summed E-state index contributed by atoms with van der Waals surface area (Å²) >= 11 is 0. The molecule has 0 radical (unpaired) electrons. The number of carbonyl (C=O) groups excluding carboxylic acids is 1. The molecule has 6 heteroatoms. The molecule has 1 fully saturated rings. The van der Waals surface area contributed by atoms with E-state index in [-0.39, 0.29) is 11.9 Å². The van der Waals surface area contributed by atoms with Crippen molar-refractivity contribution < 1.29 is 4.79 Å². The maximum absolute atomic E-state index is 13.0. The summed E-state index contributed by atoms with van der Waals surface area (Å²) in [5, 5.41) is 3.66. The minimum atomic E-state index is 0.131. The lowest BCUT2D eigenvalue weighted by Gasteiger charge is -2.40. The van der Waals surface area contributed by atoms with Crippen LogP contribution >= 0.6 is 0 Å². The zero-order chi connectivity index (χ0) is 21.5. The molecular weight excluding hydrogens is 386 g/mol. The standard InChI is InChI=1S/C25H35N5O/c26-13-4-5-16-29(23-12-6-10-20-11-7-14-28-24(20)23)18-22-19-30(17-15-27-22)25(31)21-8-2-1-3-9-21/h1-3,7-9,11,14,22-23,27H,4-6,10,12-13,15-19,26H2/t22-,23+/m1/s1. The summed E-state index contributed by atoms with van der Waals surface area (Å²) in [5.41, 5.74) is 9.18. The van der Waals surface area contributed by atoms with E-state index in [1.807, 2.05) is 41.4 Å². The van der Waals surface area contributed by atoms with Gasteiger partial charge in [0.1, 0.15) is 0 Å². The minimum absolute atomic E-state index is 0.131. The van der Waals surface area contributed by atoms with Gasteiger partial charge in [0.15, 0.2) is 0 Å². The third-order valence-corrected chi connectivity index (χ3v) is 6.52. The van der Waals surface area contributed by atoms with Gasteiger partial charge in [0, 0.05) is 44.0 Å². The van der Waals surface area contributed by atoms with Crippen LogP contribution in [0.25, 0.3) is 0 Å². The molecular formula is C25H35N5O. The maximum atomic E-state index is 13.0. The molecule has 2 aromatic rings. The Balaban J connectivity index is 1.46. The Morgan fingerprint density at radius 1 is 1.19 bits per heavy atom. The number of fused-ring (bicyclic) bond motifs is 1. The van der Waals surface area contributed by atoms with E-state index in [9.17, 15) is 4.79 Å². The summed E-state index contributed by atoms with van der Waals surface area (Å²) < 4.78 is 0. The van der Waals surface area contributed by atoms with Gasteiger partial charge in [0.25, 0.3) is 5.91 Å². The van der Waals surface area contributed by atoms with Crippen molar-refractivity contribution in [3.8, 4) is 0 Å². The molecule has 2 heterocycles. The summed E-state index contributed by atoms with van der Waals surface area (Å²) in [6.45, 7) is 4.99. The van der Waals surface area contributed by atoms with E-state index in [1.54, 1.807) is 0 Å². The van der Waals surface area contributed by atoms with Crippen LogP contribution in [0.15, 0.2) is 48.7 Å². The van der Waals surface area contributed by atoms with Crippen molar-refractivity contribution in [2.45, 2.75) is 44.2 Å². The number of hydrogen-bond donors (Lipinski definition) is 2. The number of aryl methyl sites for hydroxylation is 1. The van der Waals surface area contributed by atoms with Crippen LogP contribution in [-0.4, -0.2) is 66.0 Å². The summed E-state index contributed by atoms with van der Waals surface area (Å²) in [5.74, 6) is 0.131. The average Bonchev–Trinajstić information content (AvgIpc) is 2.83. The average molecular weight is 422 g/mol. The van der Waals surface area contributed by atoms with E-state index in [1.165, 1.54) is 17.7 Å². The Bertz CT molecular complexity index is 843. The van der Waals surface area contributed by atoms with Crippen molar-refractivity contribution in [3.63, 3.8) is 0 Å². The van der Waals surface area contributed by atoms with Gasteiger partial charge in [-0.25, -0.2) is 0 Å². The van der Waals surface area contributed by atoms with Crippen molar-refractivity contribution in [3.05, 3.63) is 65.5 Å². The topological polar surface area (TPSA) is 74.5 Å². The summed E-state index contributed by atoms with van der Waals surface area (Å²) in [6.07, 6.45) is 7.52. The number of hydrogen-bond acceptors (Lipinski definition) is 5. The van der Waals surface area contributed by atoms with Gasteiger partial charge in [0.05, 0.1) is 11.7 Å². The molecule has 6 nitrogen and oxygen atoms in total. The third-order valence-electron chi connectivity index (χ3n) is 6.52. The van der Waals surface area contributed by atoms with Crippen LogP contribution < -0.4 is 11.1 Å². The molecule has 1 aromatic carbocycles. The van der Waals surface area contributed by atoms with E-state index in [0.29, 0.717) is 6.04 Å². The lowest BCUT2D eigenvalue weighted by molar-refractivity contribution is 0.0658. The Hall–Kier alpha value is -2.28. The molecule has 0 spiro atoms. The fourth-order valence-electron chi connectivity index (χ4n) is 4.95. The molecule has 2 aliphatic rings. The highest BCUT2D eigenvalue weighted by Crippen LogP contribution is 2.33. The summed E-state index contributed by atoms with van der Waals surface area (Å²) in [7, 11) is 0. The van der Waals surface area contributed by atoms with E-state index in [2.05, 4.69) is 22.3 Å². The van der Waals surface area contributed by atoms with Gasteiger partial charge >= 0.3 is 0 Å². The molecule has 0 saturated carbocycles. The SMILES string of the molecule is NCCCCN(C[C@@H]1CN(C(=O)c2ccccc2)CCN1)[C@H]1CCCc2cccnc21. The number of aromatic nitrogens is 1. The van der Waals surface area contributed by atoms with Crippen molar-refractivity contribution in [1.82, 2.24) is 20.1 Å². The van der Waals surface area contributed by atoms with Gasteiger partial charge in [-0.3, -0.25) is 14.7 Å². The Kier molecular flexibility index (Phi) is 7.67. The van der Waals surface area contributed by atoms with Gasteiger partial charge in [-0.15, -0.1) is 0 Å². The molecule has 3 N–H and O–H groups in total. The lowest BCUT2D eigenvalue weighted by Crippen LogP contribution is -2.56. The van der Waals surface area contributed by atoms with Crippen LogP contribution in [0.5, 0.6) is 0 Å². The third kappa shape index (κ3) is 5.50. The number of nitrogens with zero attached hydrogens (tertiary/aromatic N) is 3. The maximum Gasteiger partial charge on any atom is 0.253 e. The van der Waals surface area contributed by atoms with Crippen molar-refractivity contribution in [1.29, 1.82) is 0 Å². The highest BCUT2D eigenvalue weighted by molar-refractivity contribution is 5.94. The Labute approximate surface area is 185 Å². The molecule has 1 saturated heterocycles. The van der Waals surface area contributed by atoms with Crippen molar-refractivity contribution in [2.75, 3.05) is 39.3 Å². The molecule has 0 unspecified atom stereocenters. The second kappa shape index (κ2) is 10.8. The first-order valence-corrected chi connectivity index (χ1v) is 11.7. The predicted molar refractivity (Wildman–Crippen MR) is 124 cm³/mol. The van der Waals surface area contributed by atoms with Crippen LogP contribution in [0, 0.1) is 0 Å². The van der Waals surface area contributed by atoms with Crippen LogP contribution in [0.4, 0.5) is 0 Å². The number of unbranched alkanes of at least 4 members (excludes halogenated alkanes) is 1. The monoisotopic (exact) mass is 421 g/mol. The molecule has 1 aliphatic carbocycles. The van der Waals surface area contributed by atoms with E-state index >= 15 is 0 Å². The number of piperazine rings is 1. The van der Waals surface area contributed by atoms with Crippen LogP contribution in [0.2, 0.25) is 0 Å². The number of nitrogens with two attached hydrogens (primary N) is 1. The number of benzene rings is 1. The molecule has 166 valence electrons. The van der Waals surface area contributed by atoms with E-state index in [0.717, 1.165) is 70.5 Å². The van der Waals surface area contributed by atoms with E-state index in [4.69, 9.17) is 10.7 Å². The zero-order valence-electron chi connectivity index (χ0n) is 18.4. The molecule has 4 rings (SSSR count). The second-order valence-corrected chi connectivity index (χ2v) is 8.71. The van der Waals surface area contributed by atoms with Crippen molar-refractivity contribution >= 4 is 5.91 Å². The van der Waals surface area contributed by atoms with Crippen molar-refractivity contribution in [2.24, 2.45) is 5.73 Å². The smallest absolute Gasteiger partial charge is 0.253 e. The molecule has 2 atom stereocenters. The van der Waals surface area contributed by atoms with Gasteiger partial charge in [0.2, 0.25) is 0 Å². The van der Waals surface area contributed by atoms with Gasteiger partial charge < -0.3 is 16.0 Å². The molecule has 0 bridgehead atoms. The number of rotatable bonds is 8. The van der Waals surface area contributed by atoms with Gasteiger partial charge in [-0.05, 0) is 69.0 Å². The van der Waals surface area contributed by atoms with Gasteiger partial charge in [-0.1, -0.05) is 24.3 Å². The lowest BCUT2D eigenvalue weighted by atomic mass is 9.90. The van der Waals surface area contributed by atoms with Crippen LogP contribution in [0.1, 0.15) is 53.3 Å². The fourth-order valence-corrected chi connectivity index (χ4v) is 4.95. The second-order valence-electron chi connectivity index (χ2n) is 8.71. The quantitative estimate of drug-likeness (QED) is 0.641. The van der Waals surface area contributed by atoms with Crippen LogP contribution in [0.3, 0.4) is 0 Å². The molecule has 1 aromatic heterocycles. The largest absolute Gasteiger partial charge is 0.336 e. The van der Waals surface area contributed by atoms with Crippen LogP contribution in [-0.2, 0) is 6.42 Å². The highest BCUT2D eigenvalue weighted by Gasteiger charge is 2.31. The highest BCUT2D eigenvalue weighted by atomic mass is 16.2. The number of carbonyl (C=O) groups is 1.